The van der Waals surface area contributed by atoms with Crippen molar-refractivity contribution in [1.82, 2.24) is 4.98 Å². The Morgan fingerprint density at radius 3 is 2.26 bits per heavy atom. The minimum absolute atomic E-state index is 0.0626. The molecular weight excluding hydrogens is 370 g/mol. The van der Waals surface area contributed by atoms with Gasteiger partial charge in [0.2, 0.25) is 5.41 Å². The molecule has 0 saturated carbocycles. The molecule has 0 aliphatic heterocycles. The van der Waals surface area contributed by atoms with Gasteiger partial charge in [-0.3, -0.25) is 14.6 Å². The Morgan fingerprint density at radius 2 is 1.78 bits per heavy atom. The number of esters is 2. The first-order chi connectivity index (χ1) is 10.9. The van der Waals surface area contributed by atoms with Crippen molar-refractivity contribution in [3.63, 3.8) is 0 Å². The van der Waals surface area contributed by atoms with Gasteiger partial charge >= 0.3 is 11.9 Å². The number of pyridine rings is 1. The maximum absolute atomic E-state index is 12.4. The van der Waals surface area contributed by atoms with E-state index in [1.54, 1.807) is 19.9 Å². The van der Waals surface area contributed by atoms with Gasteiger partial charge in [0.25, 0.3) is 0 Å². The summed E-state index contributed by atoms with van der Waals surface area (Å²) in [6.45, 7) is 4.89. The van der Waals surface area contributed by atoms with Gasteiger partial charge in [0.05, 0.1) is 13.2 Å². The maximum Gasteiger partial charge on any atom is 0.329 e. The van der Waals surface area contributed by atoms with Crippen molar-refractivity contribution < 1.29 is 28.5 Å². The van der Waals surface area contributed by atoms with Gasteiger partial charge in [0, 0.05) is 17.8 Å². The zero-order chi connectivity index (χ0) is 17.5. The third kappa shape index (κ3) is 4.42. The Kier molecular flexibility index (Phi) is 7.44. The van der Waals surface area contributed by atoms with Crippen molar-refractivity contribution in [3.8, 4) is 5.75 Å². The Bertz CT molecular complexity index is 545. The van der Waals surface area contributed by atoms with E-state index in [2.05, 4.69) is 20.9 Å². The van der Waals surface area contributed by atoms with Crippen LogP contribution in [0.5, 0.6) is 5.75 Å². The molecule has 0 unspecified atom stereocenters. The predicted molar refractivity (Wildman–Crippen MR) is 85.1 cm³/mol. The van der Waals surface area contributed by atoms with E-state index < -0.39 is 17.4 Å². The van der Waals surface area contributed by atoms with Gasteiger partial charge in [-0.15, -0.1) is 0 Å². The lowest BCUT2D eigenvalue weighted by atomic mass is 9.85. The van der Waals surface area contributed by atoms with Gasteiger partial charge in [0.1, 0.15) is 11.4 Å². The highest BCUT2D eigenvalue weighted by atomic mass is 79.9. The summed E-state index contributed by atoms with van der Waals surface area (Å²) < 4.78 is 21.0. The van der Waals surface area contributed by atoms with Gasteiger partial charge in [0.15, 0.2) is 6.79 Å². The number of hydrogen-bond donors (Lipinski definition) is 0. The number of rotatable bonds is 8. The average molecular weight is 390 g/mol. The van der Waals surface area contributed by atoms with E-state index in [-0.39, 0.29) is 31.5 Å². The van der Waals surface area contributed by atoms with Gasteiger partial charge in [-0.25, -0.2) is 0 Å². The van der Waals surface area contributed by atoms with Crippen molar-refractivity contribution in [3.05, 3.63) is 22.4 Å². The molecule has 0 bridgehead atoms. The van der Waals surface area contributed by atoms with Gasteiger partial charge < -0.3 is 18.9 Å². The van der Waals surface area contributed by atoms with Crippen LogP contribution in [0.15, 0.2) is 16.7 Å². The van der Waals surface area contributed by atoms with Crippen LogP contribution in [0.25, 0.3) is 0 Å². The standard InChI is InChI=1S/C15H20BrNO6/c1-5-21-13(18)15(3,14(19)22-6-2)12-11(23-9-20-4)7-10(16)8-17-12/h7-8H,5-6,9H2,1-4H3. The summed E-state index contributed by atoms with van der Waals surface area (Å²) in [5.41, 5.74) is -1.63. The number of carbonyl (C=O) groups excluding carboxylic acids is 2. The summed E-state index contributed by atoms with van der Waals surface area (Å²) in [5.74, 6) is -1.28. The first-order valence-corrected chi connectivity index (χ1v) is 7.83. The monoisotopic (exact) mass is 389 g/mol. The topological polar surface area (TPSA) is 84.0 Å². The van der Waals surface area contributed by atoms with Crippen molar-refractivity contribution in [2.24, 2.45) is 0 Å². The lowest BCUT2D eigenvalue weighted by Crippen LogP contribution is -2.44. The highest BCUT2D eigenvalue weighted by Gasteiger charge is 2.49. The number of ether oxygens (including phenoxy) is 4. The molecule has 7 nitrogen and oxygen atoms in total. The van der Waals surface area contributed by atoms with Crippen LogP contribution in [0.3, 0.4) is 0 Å². The Hall–Kier alpha value is -1.67. The molecule has 23 heavy (non-hydrogen) atoms. The summed E-state index contributed by atoms with van der Waals surface area (Å²) in [7, 11) is 1.46. The van der Waals surface area contributed by atoms with E-state index in [1.807, 2.05) is 0 Å². The largest absolute Gasteiger partial charge is 0.466 e. The fraction of sp³-hybridized carbons (Fsp3) is 0.533. The summed E-state index contributed by atoms with van der Waals surface area (Å²) in [6.07, 6.45) is 1.46. The second-order valence-electron chi connectivity index (χ2n) is 4.62. The van der Waals surface area contributed by atoms with Crippen LogP contribution in [0, 0.1) is 0 Å². The molecule has 1 aromatic heterocycles. The Balaban J connectivity index is 3.41. The molecule has 1 aromatic rings. The normalized spacial score (nSPS) is 11.0. The molecule has 0 atom stereocenters. The average Bonchev–Trinajstić information content (AvgIpc) is 2.52. The molecule has 8 heteroatoms. The molecule has 0 amide bonds. The number of hydrogen-bond acceptors (Lipinski definition) is 7. The summed E-state index contributed by atoms with van der Waals surface area (Å²) in [4.78, 5) is 29.0. The van der Waals surface area contributed by atoms with E-state index >= 15 is 0 Å². The third-order valence-electron chi connectivity index (χ3n) is 2.99. The van der Waals surface area contributed by atoms with Crippen molar-refractivity contribution in [1.29, 1.82) is 0 Å². The lowest BCUT2D eigenvalue weighted by Gasteiger charge is -2.26. The fourth-order valence-electron chi connectivity index (χ4n) is 1.86. The molecule has 0 aromatic carbocycles. The number of aromatic nitrogens is 1. The van der Waals surface area contributed by atoms with Crippen LogP contribution < -0.4 is 4.74 Å². The highest BCUT2D eigenvalue weighted by molar-refractivity contribution is 9.10. The van der Waals surface area contributed by atoms with E-state index in [4.69, 9.17) is 18.9 Å². The van der Waals surface area contributed by atoms with Crippen molar-refractivity contribution in [2.75, 3.05) is 27.1 Å². The molecule has 0 saturated heterocycles. The molecule has 0 N–H and O–H groups in total. The zero-order valence-electron chi connectivity index (χ0n) is 13.6. The van der Waals surface area contributed by atoms with Crippen LogP contribution in [0.4, 0.5) is 0 Å². The van der Waals surface area contributed by atoms with Gasteiger partial charge in [-0.05, 0) is 42.8 Å². The van der Waals surface area contributed by atoms with Gasteiger partial charge in [-0.2, -0.15) is 0 Å². The first-order valence-electron chi connectivity index (χ1n) is 7.03. The SMILES string of the molecule is CCOC(=O)C(C)(C(=O)OCC)c1ncc(Br)cc1OCOC. The van der Waals surface area contributed by atoms with E-state index in [1.165, 1.54) is 20.2 Å². The van der Waals surface area contributed by atoms with Crippen molar-refractivity contribution >= 4 is 27.9 Å². The minimum atomic E-state index is -1.74. The molecule has 0 spiro atoms. The van der Waals surface area contributed by atoms with Crippen LogP contribution in [-0.4, -0.2) is 44.0 Å². The smallest absolute Gasteiger partial charge is 0.329 e. The quantitative estimate of drug-likeness (QED) is 0.382. The van der Waals surface area contributed by atoms with Crippen LogP contribution in [-0.2, 0) is 29.2 Å². The van der Waals surface area contributed by atoms with Gasteiger partial charge in [-0.1, -0.05) is 0 Å². The Morgan fingerprint density at radius 1 is 1.22 bits per heavy atom. The molecule has 0 aliphatic rings. The molecule has 0 radical (unpaired) electrons. The molecule has 128 valence electrons. The number of nitrogens with zero attached hydrogens (tertiary/aromatic N) is 1. The summed E-state index contributed by atoms with van der Waals surface area (Å²) in [5, 5.41) is 0. The maximum atomic E-state index is 12.4. The van der Waals surface area contributed by atoms with Crippen LogP contribution in [0.2, 0.25) is 0 Å². The second-order valence-corrected chi connectivity index (χ2v) is 5.53. The minimum Gasteiger partial charge on any atom is -0.466 e. The van der Waals surface area contributed by atoms with E-state index in [0.717, 1.165) is 0 Å². The highest BCUT2D eigenvalue weighted by Crippen LogP contribution is 2.34. The second kappa shape index (κ2) is 8.83. The number of carbonyl (C=O) groups is 2. The van der Waals surface area contributed by atoms with Crippen LogP contribution in [0.1, 0.15) is 26.5 Å². The Labute approximate surface area is 143 Å². The number of methoxy groups -OCH3 is 1. The molecular formula is C15H20BrNO6. The molecule has 0 fully saturated rings. The summed E-state index contributed by atoms with van der Waals surface area (Å²) >= 11 is 3.27. The molecule has 1 rings (SSSR count). The van der Waals surface area contributed by atoms with E-state index in [0.29, 0.717) is 4.47 Å². The fourth-order valence-corrected chi connectivity index (χ4v) is 2.17. The summed E-state index contributed by atoms with van der Waals surface area (Å²) in [6, 6.07) is 1.60. The van der Waals surface area contributed by atoms with Crippen LogP contribution >= 0.6 is 15.9 Å². The molecule has 0 aliphatic carbocycles. The number of halogens is 1. The van der Waals surface area contributed by atoms with E-state index in [9.17, 15) is 9.59 Å². The predicted octanol–water partition coefficient (Wildman–Crippen LogP) is 2.21. The first kappa shape index (κ1) is 19.4. The molecule has 1 heterocycles. The lowest BCUT2D eigenvalue weighted by molar-refractivity contribution is -0.164. The third-order valence-corrected chi connectivity index (χ3v) is 3.43. The van der Waals surface area contributed by atoms with Crippen molar-refractivity contribution in [2.45, 2.75) is 26.2 Å². The zero-order valence-corrected chi connectivity index (χ0v) is 15.1.